The number of nitrogens with zero attached hydrogens (tertiary/aromatic N) is 2. The first-order chi connectivity index (χ1) is 7.27. The minimum Gasteiger partial charge on any atom is -0.297 e. The smallest absolute Gasteiger partial charge is 0.0115 e. The zero-order valence-corrected chi connectivity index (χ0v) is 12.6. The molecule has 0 aliphatic rings. The number of hydrogen-bond donors (Lipinski definition) is 0. The zero-order valence-electron chi connectivity index (χ0n) is 12.6. The fourth-order valence-electron chi connectivity index (χ4n) is 2.46. The van der Waals surface area contributed by atoms with E-state index in [-0.39, 0.29) is 0 Å². The third-order valence-electron chi connectivity index (χ3n) is 3.27. The molecule has 0 fully saturated rings. The monoisotopic (exact) mass is 228 g/mol. The van der Waals surface area contributed by atoms with Gasteiger partial charge in [0.1, 0.15) is 0 Å². The van der Waals surface area contributed by atoms with E-state index in [2.05, 4.69) is 65.2 Å². The van der Waals surface area contributed by atoms with Crippen molar-refractivity contribution in [3.8, 4) is 0 Å². The van der Waals surface area contributed by atoms with Gasteiger partial charge in [0, 0.05) is 37.3 Å². The maximum Gasteiger partial charge on any atom is 0.0115 e. The summed E-state index contributed by atoms with van der Waals surface area (Å²) in [6.07, 6.45) is 0. The number of hydrogen-bond acceptors (Lipinski definition) is 2. The molecule has 0 unspecified atom stereocenters. The summed E-state index contributed by atoms with van der Waals surface area (Å²) in [5.41, 5.74) is 0. The SMILES string of the molecule is CC(C)N(CCN(C(C)C)C(C)C)C(C)C. The highest BCUT2D eigenvalue weighted by atomic mass is 15.2. The average molecular weight is 228 g/mol. The van der Waals surface area contributed by atoms with E-state index in [4.69, 9.17) is 0 Å². The van der Waals surface area contributed by atoms with Crippen LogP contribution in [0.25, 0.3) is 0 Å². The van der Waals surface area contributed by atoms with Crippen LogP contribution in [0.5, 0.6) is 0 Å². The Balaban J connectivity index is 4.27. The molecule has 0 aliphatic heterocycles. The Morgan fingerprint density at radius 2 is 0.688 bits per heavy atom. The fraction of sp³-hybridized carbons (Fsp3) is 1.00. The van der Waals surface area contributed by atoms with Crippen LogP contribution < -0.4 is 0 Å². The van der Waals surface area contributed by atoms with E-state index in [1.54, 1.807) is 0 Å². The van der Waals surface area contributed by atoms with Crippen molar-refractivity contribution >= 4 is 0 Å². The average Bonchev–Trinajstić information content (AvgIpc) is 2.09. The molecule has 16 heavy (non-hydrogen) atoms. The largest absolute Gasteiger partial charge is 0.297 e. The highest BCUT2D eigenvalue weighted by Gasteiger charge is 2.17. The molecule has 2 nitrogen and oxygen atoms in total. The summed E-state index contributed by atoms with van der Waals surface area (Å²) in [4.78, 5) is 5.13. The Hall–Kier alpha value is -0.0800. The molecule has 0 aromatic carbocycles. The summed E-state index contributed by atoms with van der Waals surface area (Å²) < 4.78 is 0. The normalized spacial score (nSPS) is 13.1. The Morgan fingerprint density at radius 1 is 0.500 bits per heavy atom. The molecule has 0 saturated heterocycles. The molecule has 0 N–H and O–H groups in total. The maximum absolute atomic E-state index is 2.57. The first-order valence-corrected chi connectivity index (χ1v) is 6.78. The van der Waals surface area contributed by atoms with E-state index >= 15 is 0 Å². The van der Waals surface area contributed by atoms with E-state index in [0.717, 1.165) is 0 Å². The van der Waals surface area contributed by atoms with Gasteiger partial charge in [-0.1, -0.05) is 0 Å². The summed E-state index contributed by atoms with van der Waals surface area (Å²) in [6.45, 7) is 20.6. The van der Waals surface area contributed by atoms with E-state index < -0.39 is 0 Å². The van der Waals surface area contributed by atoms with Crippen molar-refractivity contribution in [3.05, 3.63) is 0 Å². The number of rotatable bonds is 7. The molecular weight excluding hydrogens is 196 g/mol. The van der Waals surface area contributed by atoms with Gasteiger partial charge in [0.15, 0.2) is 0 Å². The van der Waals surface area contributed by atoms with Crippen molar-refractivity contribution in [2.45, 2.75) is 79.6 Å². The summed E-state index contributed by atoms with van der Waals surface area (Å²) in [5.74, 6) is 0. The lowest BCUT2D eigenvalue weighted by atomic mass is 10.2. The van der Waals surface area contributed by atoms with Gasteiger partial charge in [0.25, 0.3) is 0 Å². The highest BCUT2D eigenvalue weighted by molar-refractivity contribution is 4.73. The van der Waals surface area contributed by atoms with Gasteiger partial charge >= 0.3 is 0 Å². The Bertz CT molecular complexity index is 138. The van der Waals surface area contributed by atoms with E-state index in [0.29, 0.717) is 24.2 Å². The highest BCUT2D eigenvalue weighted by Crippen LogP contribution is 2.08. The van der Waals surface area contributed by atoms with Gasteiger partial charge in [-0.15, -0.1) is 0 Å². The van der Waals surface area contributed by atoms with Crippen molar-refractivity contribution in [3.63, 3.8) is 0 Å². The predicted molar refractivity (Wildman–Crippen MR) is 74.0 cm³/mol. The van der Waals surface area contributed by atoms with Gasteiger partial charge in [-0.05, 0) is 55.4 Å². The molecule has 0 aromatic heterocycles. The van der Waals surface area contributed by atoms with Crippen LogP contribution >= 0.6 is 0 Å². The van der Waals surface area contributed by atoms with Crippen molar-refractivity contribution in [2.75, 3.05) is 13.1 Å². The predicted octanol–water partition coefficient (Wildman–Crippen LogP) is 3.22. The van der Waals surface area contributed by atoms with Gasteiger partial charge in [-0.2, -0.15) is 0 Å². The summed E-state index contributed by atoms with van der Waals surface area (Å²) in [5, 5.41) is 0. The molecule has 0 amide bonds. The molecule has 0 rings (SSSR count). The Labute approximate surface area is 103 Å². The van der Waals surface area contributed by atoms with Crippen molar-refractivity contribution in [2.24, 2.45) is 0 Å². The van der Waals surface area contributed by atoms with Gasteiger partial charge in [-0.3, -0.25) is 9.80 Å². The standard InChI is InChI=1S/C14H32N2/c1-11(2)15(12(3)4)9-10-16(13(5)6)14(7)8/h11-14H,9-10H2,1-8H3. The first kappa shape index (κ1) is 15.9. The van der Waals surface area contributed by atoms with Crippen molar-refractivity contribution in [1.29, 1.82) is 0 Å². The van der Waals surface area contributed by atoms with Crippen LogP contribution in [0, 0.1) is 0 Å². The molecular formula is C14H32N2. The maximum atomic E-state index is 2.57. The molecule has 0 atom stereocenters. The quantitative estimate of drug-likeness (QED) is 0.660. The molecule has 0 spiro atoms. The van der Waals surface area contributed by atoms with Gasteiger partial charge < -0.3 is 0 Å². The molecule has 0 aromatic rings. The van der Waals surface area contributed by atoms with Crippen LogP contribution in [0.3, 0.4) is 0 Å². The van der Waals surface area contributed by atoms with Gasteiger partial charge in [0.2, 0.25) is 0 Å². The van der Waals surface area contributed by atoms with Crippen LogP contribution in [0.2, 0.25) is 0 Å². The topological polar surface area (TPSA) is 6.48 Å². The molecule has 0 saturated carbocycles. The van der Waals surface area contributed by atoms with Crippen molar-refractivity contribution < 1.29 is 0 Å². The Kier molecular flexibility index (Phi) is 7.25. The molecule has 0 bridgehead atoms. The minimum absolute atomic E-state index is 0.640. The zero-order chi connectivity index (χ0) is 12.9. The molecule has 0 heterocycles. The molecule has 98 valence electrons. The van der Waals surface area contributed by atoms with Crippen LogP contribution in [0.1, 0.15) is 55.4 Å². The summed E-state index contributed by atoms with van der Waals surface area (Å²) >= 11 is 0. The van der Waals surface area contributed by atoms with Crippen LogP contribution in [-0.4, -0.2) is 47.1 Å². The lowest BCUT2D eigenvalue weighted by Gasteiger charge is -2.36. The molecule has 2 heteroatoms. The first-order valence-electron chi connectivity index (χ1n) is 6.78. The summed E-state index contributed by atoms with van der Waals surface area (Å²) in [7, 11) is 0. The third-order valence-corrected chi connectivity index (χ3v) is 3.27. The van der Waals surface area contributed by atoms with E-state index in [1.807, 2.05) is 0 Å². The minimum atomic E-state index is 0.640. The van der Waals surface area contributed by atoms with Gasteiger partial charge in [0.05, 0.1) is 0 Å². The van der Waals surface area contributed by atoms with Crippen LogP contribution in [0.4, 0.5) is 0 Å². The summed E-state index contributed by atoms with van der Waals surface area (Å²) in [6, 6.07) is 2.56. The van der Waals surface area contributed by atoms with E-state index in [9.17, 15) is 0 Å². The van der Waals surface area contributed by atoms with Crippen LogP contribution in [-0.2, 0) is 0 Å². The third kappa shape index (κ3) is 5.31. The van der Waals surface area contributed by atoms with Crippen molar-refractivity contribution in [1.82, 2.24) is 9.80 Å². The van der Waals surface area contributed by atoms with E-state index in [1.165, 1.54) is 13.1 Å². The second-order valence-corrected chi connectivity index (χ2v) is 5.85. The fourth-order valence-corrected chi connectivity index (χ4v) is 2.46. The lowest BCUT2D eigenvalue weighted by Crippen LogP contribution is -2.46. The molecule has 0 aliphatic carbocycles. The Morgan fingerprint density at radius 3 is 0.812 bits per heavy atom. The second-order valence-electron chi connectivity index (χ2n) is 5.85. The molecule has 0 radical (unpaired) electrons. The second kappa shape index (κ2) is 7.29. The lowest BCUT2D eigenvalue weighted by molar-refractivity contribution is 0.111. The van der Waals surface area contributed by atoms with Gasteiger partial charge in [-0.25, -0.2) is 0 Å². The van der Waals surface area contributed by atoms with Crippen LogP contribution in [0.15, 0.2) is 0 Å².